The topological polar surface area (TPSA) is 52.6 Å². The van der Waals surface area contributed by atoms with Crippen LogP contribution in [0.2, 0.25) is 0 Å². The zero-order chi connectivity index (χ0) is 14.1. The van der Waals surface area contributed by atoms with E-state index in [1.54, 1.807) is 0 Å². The molecule has 0 aromatic heterocycles. The van der Waals surface area contributed by atoms with Crippen LogP contribution in [0.4, 0.5) is 0 Å². The smallest absolute Gasteiger partial charge is 0.330 e. The summed E-state index contributed by atoms with van der Waals surface area (Å²) >= 11 is 0. The lowest BCUT2D eigenvalue weighted by Crippen LogP contribution is -2.18. The SMILES string of the molecule is C=CC(=O)OCCC1CCC(CCOC(C)=O)CC1. The second kappa shape index (κ2) is 8.73. The Morgan fingerprint density at radius 2 is 1.53 bits per heavy atom. The third-order valence-electron chi connectivity index (χ3n) is 3.73. The molecular weight excluding hydrogens is 244 g/mol. The van der Waals surface area contributed by atoms with Gasteiger partial charge in [-0.3, -0.25) is 4.79 Å². The molecule has 1 aliphatic rings. The Hall–Kier alpha value is -1.32. The van der Waals surface area contributed by atoms with Crippen molar-refractivity contribution in [1.82, 2.24) is 0 Å². The molecule has 0 unspecified atom stereocenters. The molecule has 0 bridgehead atoms. The molecule has 4 heteroatoms. The van der Waals surface area contributed by atoms with Gasteiger partial charge in [0.15, 0.2) is 0 Å². The number of hydrogen-bond donors (Lipinski definition) is 0. The Balaban J connectivity index is 2.06. The Labute approximate surface area is 115 Å². The minimum absolute atomic E-state index is 0.197. The highest BCUT2D eigenvalue weighted by Crippen LogP contribution is 2.32. The summed E-state index contributed by atoms with van der Waals surface area (Å²) < 4.78 is 9.97. The van der Waals surface area contributed by atoms with E-state index in [4.69, 9.17) is 9.47 Å². The van der Waals surface area contributed by atoms with E-state index in [9.17, 15) is 9.59 Å². The van der Waals surface area contributed by atoms with Crippen LogP contribution in [0.3, 0.4) is 0 Å². The van der Waals surface area contributed by atoms with Crippen LogP contribution < -0.4 is 0 Å². The lowest BCUT2D eigenvalue weighted by atomic mass is 9.79. The first kappa shape index (κ1) is 15.7. The van der Waals surface area contributed by atoms with Crippen molar-refractivity contribution >= 4 is 11.9 Å². The zero-order valence-electron chi connectivity index (χ0n) is 11.7. The van der Waals surface area contributed by atoms with E-state index in [1.165, 1.54) is 38.7 Å². The van der Waals surface area contributed by atoms with Gasteiger partial charge in [0.05, 0.1) is 13.2 Å². The maximum absolute atomic E-state index is 10.9. The summed E-state index contributed by atoms with van der Waals surface area (Å²) in [6.07, 6.45) is 7.83. The molecule has 1 rings (SSSR count). The molecule has 1 fully saturated rings. The lowest BCUT2D eigenvalue weighted by molar-refractivity contribution is -0.141. The third kappa shape index (κ3) is 6.99. The zero-order valence-corrected chi connectivity index (χ0v) is 11.7. The summed E-state index contributed by atoms with van der Waals surface area (Å²) in [5, 5.41) is 0. The summed E-state index contributed by atoms with van der Waals surface area (Å²) in [6.45, 7) is 5.85. The molecule has 0 aromatic carbocycles. The lowest BCUT2D eigenvalue weighted by Gasteiger charge is -2.28. The van der Waals surface area contributed by atoms with Crippen molar-refractivity contribution in [2.24, 2.45) is 11.8 Å². The van der Waals surface area contributed by atoms with Gasteiger partial charge in [-0.25, -0.2) is 4.79 Å². The second-order valence-corrected chi connectivity index (χ2v) is 5.18. The standard InChI is InChI=1S/C15H24O4/c1-3-15(17)19-11-9-14-6-4-13(5-7-14)8-10-18-12(2)16/h3,13-14H,1,4-11H2,2H3. The van der Waals surface area contributed by atoms with Gasteiger partial charge in [0.25, 0.3) is 0 Å². The number of ether oxygens (including phenoxy) is 2. The molecule has 0 radical (unpaired) electrons. The highest BCUT2D eigenvalue weighted by Gasteiger charge is 2.21. The minimum Gasteiger partial charge on any atom is -0.466 e. The molecule has 0 spiro atoms. The van der Waals surface area contributed by atoms with Crippen molar-refractivity contribution in [2.45, 2.75) is 45.4 Å². The maximum atomic E-state index is 10.9. The maximum Gasteiger partial charge on any atom is 0.330 e. The van der Waals surface area contributed by atoms with Crippen LogP contribution in [0.15, 0.2) is 12.7 Å². The van der Waals surface area contributed by atoms with E-state index in [2.05, 4.69) is 6.58 Å². The van der Waals surface area contributed by atoms with Gasteiger partial charge in [-0.1, -0.05) is 32.3 Å². The van der Waals surface area contributed by atoms with E-state index in [-0.39, 0.29) is 11.9 Å². The summed E-state index contributed by atoms with van der Waals surface area (Å²) in [5.41, 5.74) is 0. The predicted molar refractivity (Wildman–Crippen MR) is 72.5 cm³/mol. The highest BCUT2D eigenvalue weighted by atomic mass is 16.5. The van der Waals surface area contributed by atoms with Crippen molar-refractivity contribution in [3.63, 3.8) is 0 Å². The van der Waals surface area contributed by atoms with Crippen molar-refractivity contribution in [3.05, 3.63) is 12.7 Å². The van der Waals surface area contributed by atoms with Crippen LogP contribution in [0.5, 0.6) is 0 Å². The van der Waals surface area contributed by atoms with Crippen LogP contribution in [0.25, 0.3) is 0 Å². The van der Waals surface area contributed by atoms with E-state index in [1.807, 2.05) is 0 Å². The van der Waals surface area contributed by atoms with Crippen molar-refractivity contribution in [3.8, 4) is 0 Å². The number of esters is 2. The molecule has 0 N–H and O–H groups in total. The predicted octanol–water partition coefficient (Wildman–Crippen LogP) is 2.87. The summed E-state index contributed by atoms with van der Waals surface area (Å²) in [6, 6.07) is 0. The van der Waals surface area contributed by atoms with E-state index >= 15 is 0 Å². The van der Waals surface area contributed by atoms with Crippen molar-refractivity contribution in [2.75, 3.05) is 13.2 Å². The van der Waals surface area contributed by atoms with Crippen LogP contribution >= 0.6 is 0 Å². The molecule has 0 aromatic rings. The van der Waals surface area contributed by atoms with Crippen molar-refractivity contribution < 1.29 is 19.1 Å². The first-order chi connectivity index (χ1) is 9.11. The number of carbonyl (C=O) groups excluding carboxylic acids is 2. The molecule has 1 saturated carbocycles. The van der Waals surface area contributed by atoms with Gasteiger partial charge in [-0.15, -0.1) is 0 Å². The normalized spacial score (nSPS) is 22.6. The molecule has 1 aliphatic carbocycles. The van der Waals surface area contributed by atoms with Crippen LogP contribution in [-0.4, -0.2) is 25.2 Å². The molecule has 0 aliphatic heterocycles. The molecular formula is C15H24O4. The minimum atomic E-state index is -0.338. The fourth-order valence-electron chi connectivity index (χ4n) is 2.56. The molecule has 0 saturated heterocycles. The van der Waals surface area contributed by atoms with E-state index in [0.29, 0.717) is 25.0 Å². The van der Waals surface area contributed by atoms with Gasteiger partial charge in [0, 0.05) is 13.0 Å². The fraction of sp³-hybridized carbons (Fsp3) is 0.733. The second-order valence-electron chi connectivity index (χ2n) is 5.18. The fourth-order valence-corrected chi connectivity index (χ4v) is 2.56. The Morgan fingerprint density at radius 1 is 1.05 bits per heavy atom. The van der Waals surface area contributed by atoms with Gasteiger partial charge < -0.3 is 9.47 Å². The molecule has 0 amide bonds. The average molecular weight is 268 g/mol. The van der Waals surface area contributed by atoms with Gasteiger partial charge >= 0.3 is 11.9 Å². The molecule has 19 heavy (non-hydrogen) atoms. The van der Waals surface area contributed by atoms with E-state index in [0.717, 1.165) is 12.8 Å². The quantitative estimate of drug-likeness (QED) is 0.526. The summed E-state index contributed by atoms with van der Waals surface area (Å²) in [7, 11) is 0. The third-order valence-corrected chi connectivity index (χ3v) is 3.73. The first-order valence-corrected chi connectivity index (χ1v) is 7.04. The first-order valence-electron chi connectivity index (χ1n) is 7.04. The number of rotatable bonds is 7. The molecule has 4 nitrogen and oxygen atoms in total. The van der Waals surface area contributed by atoms with Gasteiger partial charge in [0.1, 0.15) is 0 Å². The monoisotopic (exact) mass is 268 g/mol. The largest absolute Gasteiger partial charge is 0.466 e. The molecule has 108 valence electrons. The van der Waals surface area contributed by atoms with Crippen molar-refractivity contribution in [1.29, 1.82) is 0 Å². The Kier molecular flexibility index (Phi) is 7.23. The summed E-state index contributed by atoms with van der Waals surface area (Å²) in [4.78, 5) is 21.6. The average Bonchev–Trinajstić information content (AvgIpc) is 2.40. The van der Waals surface area contributed by atoms with E-state index < -0.39 is 0 Å². The van der Waals surface area contributed by atoms with Crippen LogP contribution in [0.1, 0.15) is 45.4 Å². The van der Waals surface area contributed by atoms with Crippen LogP contribution in [0, 0.1) is 11.8 Å². The number of hydrogen-bond acceptors (Lipinski definition) is 4. The number of carbonyl (C=O) groups is 2. The van der Waals surface area contributed by atoms with Gasteiger partial charge in [-0.2, -0.15) is 0 Å². The molecule has 0 heterocycles. The van der Waals surface area contributed by atoms with Crippen LogP contribution in [-0.2, 0) is 19.1 Å². The summed E-state index contributed by atoms with van der Waals surface area (Å²) in [5.74, 6) is 0.793. The van der Waals surface area contributed by atoms with Gasteiger partial charge in [-0.05, 0) is 24.7 Å². The highest BCUT2D eigenvalue weighted by molar-refractivity contribution is 5.81. The molecule has 0 atom stereocenters. The Morgan fingerprint density at radius 3 is 1.95 bits per heavy atom. The van der Waals surface area contributed by atoms with Gasteiger partial charge in [0.2, 0.25) is 0 Å². The Bertz CT molecular complexity index is 303.